The largest absolute Gasteiger partial charge is 0.468 e. The minimum Gasteiger partial charge on any atom is -0.468 e. The van der Waals surface area contributed by atoms with Gasteiger partial charge >= 0.3 is 5.97 Å². The Bertz CT molecular complexity index is 228. The highest BCUT2D eigenvalue weighted by atomic mass is 16.5. The average Bonchev–Trinajstić information content (AvgIpc) is 3.07. The second-order valence-electron chi connectivity index (χ2n) is 4.62. The zero-order valence-electron chi connectivity index (χ0n) is 10.5. The van der Waals surface area contributed by atoms with Crippen molar-refractivity contribution in [3.05, 3.63) is 0 Å². The van der Waals surface area contributed by atoms with Gasteiger partial charge in [-0.3, -0.25) is 4.79 Å². The Morgan fingerprint density at radius 3 is 2.69 bits per heavy atom. The van der Waals surface area contributed by atoms with Crippen LogP contribution in [0.4, 0.5) is 0 Å². The summed E-state index contributed by atoms with van der Waals surface area (Å²) in [4.78, 5) is 11.6. The summed E-state index contributed by atoms with van der Waals surface area (Å²) >= 11 is 0. The van der Waals surface area contributed by atoms with Crippen molar-refractivity contribution < 1.29 is 14.3 Å². The zero-order chi connectivity index (χ0) is 12.0. The number of carbonyl (C=O) groups is 1. The molecule has 1 atom stereocenters. The second-order valence-corrected chi connectivity index (χ2v) is 4.62. The van der Waals surface area contributed by atoms with Crippen molar-refractivity contribution in [2.24, 2.45) is 5.92 Å². The third-order valence-corrected chi connectivity index (χ3v) is 3.00. The molecule has 0 saturated heterocycles. The van der Waals surface area contributed by atoms with Gasteiger partial charge in [-0.25, -0.2) is 0 Å². The highest BCUT2D eigenvalue weighted by molar-refractivity contribution is 5.80. The first-order valence-corrected chi connectivity index (χ1v) is 6.03. The number of hydrogen-bond donors (Lipinski definition) is 1. The van der Waals surface area contributed by atoms with Gasteiger partial charge in [0.2, 0.25) is 0 Å². The van der Waals surface area contributed by atoms with Gasteiger partial charge in [-0.05, 0) is 38.6 Å². The number of esters is 1. The van der Waals surface area contributed by atoms with Crippen LogP contribution in [-0.2, 0) is 14.3 Å². The molecular formula is C12H23NO3. The molecule has 0 bridgehead atoms. The maximum Gasteiger partial charge on any atom is 0.325 e. The van der Waals surface area contributed by atoms with Crippen LogP contribution in [0.15, 0.2) is 0 Å². The van der Waals surface area contributed by atoms with Gasteiger partial charge in [-0.1, -0.05) is 6.92 Å². The minimum atomic E-state index is -0.618. The van der Waals surface area contributed by atoms with Gasteiger partial charge in [-0.15, -0.1) is 0 Å². The molecule has 0 aliphatic heterocycles. The van der Waals surface area contributed by atoms with E-state index >= 15 is 0 Å². The molecule has 0 spiro atoms. The summed E-state index contributed by atoms with van der Waals surface area (Å²) in [7, 11) is 1.42. The molecule has 0 aromatic heterocycles. The Labute approximate surface area is 97.7 Å². The van der Waals surface area contributed by atoms with Gasteiger partial charge in [0.25, 0.3) is 0 Å². The number of hydrogen-bond acceptors (Lipinski definition) is 4. The van der Waals surface area contributed by atoms with Crippen molar-refractivity contribution in [1.29, 1.82) is 0 Å². The molecule has 1 fully saturated rings. The number of likely N-dealkylation sites (N-methyl/N-ethyl adjacent to an activating group) is 1. The number of methoxy groups -OCH3 is 1. The molecular weight excluding hydrogens is 206 g/mol. The molecule has 0 radical (unpaired) electrons. The first-order valence-electron chi connectivity index (χ1n) is 6.03. The molecule has 0 amide bonds. The highest BCUT2D eigenvalue weighted by Gasteiger charge is 2.33. The van der Waals surface area contributed by atoms with Crippen LogP contribution >= 0.6 is 0 Å². The molecule has 1 N–H and O–H groups in total. The minimum absolute atomic E-state index is 0.218. The Hall–Kier alpha value is -0.610. The molecule has 0 aromatic carbocycles. The van der Waals surface area contributed by atoms with Gasteiger partial charge in [0.1, 0.15) is 5.54 Å². The van der Waals surface area contributed by atoms with E-state index in [4.69, 9.17) is 9.47 Å². The fraction of sp³-hybridized carbons (Fsp3) is 0.917. The lowest BCUT2D eigenvalue weighted by Crippen LogP contribution is -2.50. The summed E-state index contributed by atoms with van der Waals surface area (Å²) in [6, 6.07) is 0. The first-order chi connectivity index (χ1) is 7.62. The van der Waals surface area contributed by atoms with Crippen molar-refractivity contribution in [2.75, 3.05) is 26.9 Å². The van der Waals surface area contributed by atoms with Crippen LogP contribution < -0.4 is 5.32 Å². The van der Waals surface area contributed by atoms with Crippen LogP contribution in [0.2, 0.25) is 0 Å². The average molecular weight is 229 g/mol. The fourth-order valence-electron chi connectivity index (χ4n) is 1.69. The smallest absolute Gasteiger partial charge is 0.325 e. The molecule has 1 aliphatic rings. The van der Waals surface area contributed by atoms with Crippen LogP contribution in [0.1, 0.15) is 33.1 Å². The standard InChI is InChI=1S/C12H23NO3/c1-4-13-12(2,11(14)15-3)7-8-16-9-10-5-6-10/h10,13H,4-9H2,1-3H3. The lowest BCUT2D eigenvalue weighted by atomic mass is 9.98. The number of ether oxygens (including phenoxy) is 2. The molecule has 1 unspecified atom stereocenters. The van der Waals surface area contributed by atoms with Crippen LogP contribution in [0, 0.1) is 5.92 Å². The molecule has 0 heterocycles. The van der Waals surface area contributed by atoms with E-state index in [1.54, 1.807) is 0 Å². The van der Waals surface area contributed by atoms with Crippen molar-refractivity contribution >= 4 is 5.97 Å². The number of nitrogens with one attached hydrogen (secondary N) is 1. The van der Waals surface area contributed by atoms with E-state index < -0.39 is 5.54 Å². The van der Waals surface area contributed by atoms with Gasteiger partial charge < -0.3 is 14.8 Å². The van der Waals surface area contributed by atoms with Gasteiger partial charge in [0, 0.05) is 13.2 Å². The molecule has 1 rings (SSSR count). The molecule has 16 heavy (non-hydrogen) atoms. The number of carbonyl (C=O) groups excluding carboxylic acids is 1. The van der Waals surface area contributed by atoms with E-state index in [0.29, 0.717) is 13.0 Å². The van der Waals surface area contributed by atoms with Gasteiger partial charge in [-0.2, -0.15) is 0 Å². The Morgan fingerprint density at radius 2 is 2.19 bits per heavy atom. The Morgan fingerprint density at radius 1 is 1.50 bits per heavy atom. The Balaban J connectivity index is 2.27. The molecule has 0 aromatic rings. The van der Waals surface area contributed by atoms with E-state index in [9.17, 15) is 4.79 Å². The van der Waals surface area contributed by atoms with Crippen molar-refractivity contribution in [2.45, 2.75) is 38.6 Å². The van der Waals surface area contributed by atoms with E-state index in [1.165, 1.54) is 20.0 Å². The van der Waals surface area contributed by atoms with Gasteiger partial charge in [0.05, 0.1) is 7.11 Å². The zero-order valence-corrected chi connectivity index (χ0v) is 10.5. The van der Waals surface area contributed by atoms with Gasteiger partial charge in [0.15, 0.2) is 0 Å². The topological polar surface area (TPSA) is 47.6 Å². The predicted octanol–water partition coefficient (Wildman–Crippen LogP) is 1.34. The normalized spacial score (nSPS) is 19.2. The molecule has 1 aliphatic carbocycles. The maximum atomic E-state index is 11.6. The van der Waals surface area contributed by atoms with Crippen LogP contribution in [0.25, 0.3) is 0 Å². The van der Waals surface area contributed by atoms with E-state index in [-0.39, 0.29) is 5.97 Å². The third kappa shape index (κ3) is 4.10. The Kier molecular flexibility index (Phi) is 5.22. The third-order valence-electron chi connectivity index (χ3n) is 3.00. The summed E-state index contributed by atoms with van der Waals surface area (Å²) in [5.41, 5.74) is -0.618. The van der Waals surface area contributed by atoms with Crippen LogP contribution in [0.3, 0.4) is 0 Å². The van der Waals surface area contributed by atoms with Crippen molar-refractivity contribution in [3.63, 3.8) is 0 Å². The molecule has 1 saturated carbocycles. The first kappa shape index (κ1) is 13.5. The summed E-state index contributed by atoms with van der Waals surface area (Å²) in [5, 5.41) is 3.16. The summed E-state index contributed by atoms with van der Waals surface area (Å²) in [6.07, 6.45) is 3.24. The SMILES string of the molecule is CCNC(C)(CCOCC1CC1)C(=O)OC. The quantitative estimate of drug-likeness (QED) is 0.504. The molecule has 94 valence electrons. The van der Waals surface area contributed by atoms with Crippen molar-refractivity contribution in [1.82, 2.24) is 5.32 Å². The molecule has 4 nitrogen and oxygen atoms in total. The van der Waals surface area contributed by atoms with E-state index in [2.05, 4.69) is 5.32 Å². The van der Waals surface area contributed by atoms with Crippen LogP contribution in [-0.4, -0.2) is 38.4 Å². The fourth-order valence-corrected chi connectivity index (χ4v) is 1.69. The summed E-state index contributed by atoms with van der Waals surface area (Å²) < 4.78 is 10.3. The predicted molar refractivity (Wildman–Crippen MR) is 62.3 cm³/mol. The van der Waals surface area contributed by atoms with Crippen molar-refractivity contribution in [3.8, 4) is 0 Å². The van der Waals surface area contributed by atoms with Crippen LogP contribution in [0.5, 0.6) is 0 Å². The molecule has 4 heteroatoms. The lowest BCUT2D eigenvalue weighted by molar-refractivity contribution is -0.148. The van der Waals surface area contributed by atoms with E-state index in [1.807, 2.05) is 13.8 Å². The number of rotatable bonds is 8. The monoisotopic (exact) mass is 229 g/mol. The highest BCUT2D eigenvalue weighted by Crippen LogP contribution is 2.28. The summed E-state index contributed by atoms with van der Waals surface area (Å²) in [6.45, 7) is 6.03. The van der Waals surface area contributed by atoms with E-state index in [0.717, 1.165) is 19.1 Å². The second kappa shape index (κ2) is 6.21. The maximum absolute atomic E-state index is 11.6. The summed E-state index contributed by atoms with van der Waals surface area (Å²) in [5.74, 6) is 0.549. The lowest BCUT2D eigenvalue weighted by Gasteiger charge is -2.27.